The van der Waals surface area contributed by atoms with Crippen molar-refractivity contribution in [2.45, 2.75) is 32.4 Å². The molecule has 0 aliphatic rings. The van der Waals surface area contributed by atoms with Gasteiger partial charge in [-0.3, -0.25) is 0 Å². The van der Waals surface area contributed by atoms with Gasteiger partial charge < -0.3 is 14.8 Å². The Labute approximate surface area is 108 Å². The Kier molecular flexibility index (Phi) is 5.11. The lowest BCUT2D eigenvalue weighted by Crippen LogP contribution is -2.40. The van der Waals surface area contributed by atoms with E-state index < -0.39 is 5.60 Å². The minimum Gasteiger partial charge on any atom is -0.494 e. The van der Waals surface area contributed by atoms with Crippen LogP contribution in [0.15, 0.2) is 18.2 Å². The van der Waals surface area contributed by atoms with Crippen LogP contribution >= 0.6 is 0 Å². The fraction of sp³-hybridized carbons (Fsp3) is 0.571. The summed E-state index contributed by atoms with van der Waals surface area (Å²) in [5.74, 6) is -0.0906. The first-order valence-corrected chi connectivity index (χ1v) is 6.11. The van der Waals surface area contributed by atoms with Crippen molar-refractivity contribution in [3.8, 4) is 5.75 Å². The minimum absolute atomic E-state index is 0.243. The van der Waals surface area contributed by atoms with Crippen LogP contribution in [0, 0.1) is 5.82 Å². The van der Waals surface area contributed by atoms with Gasteiger partial charge >= 0.3 is 0 Å². The van der Waals surface area contributed by atoms with Crippen molar-refractivity contribution in [1.82, 2.24) is 5.32 Å². The third kappa shape index (κ3) is 3.00. The van der Waals surface area contributed by atoms with Crippen molar-refractivity contribution in [2.24, 2.45) is 0 Å². The largest absolute Gasteiger partial charge is 0.494 e. The topological polar surface area (TPSA) is 30.5 Å². The molecule has 0 heterocycles. The van der Waals surface area contributed by atoms with Gasteiger partial charge in [-0.2, -0.15) is 0 Å². The molecule has 102 valence electrons. The summed E-state index contributed by atoms with van der Waals surface area (Å²) in [6.45, 7) is 6.39. The number of hydrogen-bond acceptors (Lipinski definition) is 3. The standard InChI is InChI=1S/C14H22FNO2/c1-6-18-14(2,3)13(16-4)10-8-7-9-11(17-5)12(10)15/h7-9,13,16H,6H2,1-5H3. The lowest BCUT2D eigenvalue weighted by molar-refractivity contribution is -0.0383. The minimum atomic E-state index is -0.503. The summed E-state index contributed by atoms with van der Waals surface area (Å²) in [6, 6.07) is 4.90. The molecule has 0 aliphatic heterocycles. The molecule has 0 saturated carbocycles. The molecule has 1 N–H and O–H groups in total. The zero-order valence-corrected chi connectivity index (χ0v) is 11.7. The number of benzene rings is 1. The second kappa shape index (κ2) is 6.16. The van der Waals surface area contributed by atoms with Crippen molar-refractivity contribution in [2.75, 3.05) is 20.8 Å². The van der Waals surface area contributed by atoms with E-state index in [1.54, 1.807) is 25.2 Å². The highest BCUT2D eigenvalue weighted by Crippen LogP contribution is 2.33. The van der Waals surface area contributed by atoms with Crippen molar-refractivity contribution in [3.63, 3.8) is 0 Å². The molecule has 18 heavy (non-hydrogen) atoms. The van der Waals surface area contributed by atoms with E-state index >= 15 is 0 Å². The zero-order valence-electron chi connectivity index (χ0n) is 11.7. The van der Waals surface area contributed by atoms with Gasteiger partial charge in [0, 0.05) is 12.2 Å². The van der Waals surface area contributed by atoms with Crippen LogP contribution in [-0.2, 0) is 4.74 Å². The number of methoxy groups -OCH3 is 1. The third-order valence-corrected chi connectivity index (χ3v) is 3.02. The van der Waals surface area contributed by atoms with Crippen molar-refractivity contribution in [1.29, 1.82) is 0 Å². The summed E-state index contributed by atoms with van der Waals surface area (Å²) in [6.07, 6.45) is 0. The lowest BCUT2D eigenvalue weighted by atomic mass is 9.91. The van der Waals surface area contributed by atoms with Crippen LogP contribution in [0.25, 0.3) is 0 Å². The van der Waals surface area contributed by atoms with Crippen LogP contribution in [0.1, 0.15) is 32.4 Å². The number of hydrogen-bond donors (Lipinski definition) is 1. The van der Waals surface area contributed by atoms with Crippen LogP contribution in [-0.4, -0.2) is 26.4 Å². The highest BCUT2D eigenvalue weighted by atomic mass is 19.1. The number of rotatable bonds is 6. The maximum absolute atomic E-state index is 14.3. The molecule has 0 spiro atoms. The van der Waals surface area contributed by atoms with Gasteiger partial charge in [0.15, 0.2) is 11.6 Å². The molecule has 0 aromatic heterocycles. The van der Waals surface area contributed by atoms with Crippen molar-refractivity contribution in [3.05, 3.63) is 29.6 Å². The van der Waals surface area contributed by atoms with Crippen LogP contribution in [0.4, 0.5) is 4.39 Å². The van der Waals surface area contributed by atoms with Gasteiger partial charge in [-0.25, -0.2) is 4.39 Å². The van der Waals surface area contributed by atoms with E-state index in [-0.39, 0.29) is 17.6 Å². The molecule has 0 aliphatic carbocycles. The van der Waals surface area contributed by atoms with Gasteiger partial charge in [0.05, 0.1) is 18.8 Å². The SMILES string of the molecule is CCOC(C)(C)C(NC)c1cccc(OC)c1F. The van der Waals surface area contributed by atoms with E-state index in [9.17, 15) is 4.39 Å². The average Bonchev–Trinajstić information content (AvgIpc) is 2.31. The van der Waals surface area contributed by atoms with E-state index in [2.05, 4.69) is 5.32 Å². The lowest BCUT2D eigenvalue weighted by Gasteiger charge is -2.34. The summed E-state index contributed by atoms with van der Waals surface area (Å²) < 4.78 is 25.0. The Morgan fingerprint density at radius 3 is 2.56 bits per heavy atom. The van der Waals surface area contributed by atoms with E-state index in [0.29, 0.717) is 12.2 Å². The Morgan fingerprint density at radius 2 is 2.06 bits per heavy atom. The first-order valence-electron chi connectivity index (χ1n) is 6.11. The number of likely N-dealkylation sites (N-methyl/N-ethyl adjacent to an activating group) is 1. The molecule has 0 fully saturated rings. The normalized spacial score (nSPS) is 13.4. The average molecular weight is 255 g/mol. The third-order valence-electron chi connectivity index (χ3n) is 3.02. The van der Waals surface area contributed by atoms with E-state index in [1.165, 1.54) is 7.11 Å². The highest BCUT2D eigenvalue weighted by Gasteiger charge is 2.32. The molecule has 4 heteroatoms. The molecule has 1 atom stereocenters. The maximum atomic E-state index is 14.3. The van der Waals surface area contributed by atoms with Gasteiger partial charge in [0.1, 0.15) is 0 Å². The summed E-state index contributed by atoms with van der Waals surface area (Å²) in [7, 11) is 3.26. The quantitative estimate of drug-likeness (QED) is 0.847. The van der Waals surface area contributed by atoms with Crippen LogP contribution < -0.4 is 10.1 Å². The number of ether oxygens (including phenoxy) is 2. The van der Waals surface area contributed by atoms with Crippen molar-refractivity contribution < 1.29 is 13.9 Å². The first kappa shape index (κ1) is 14.9. The molecule has 0 radical (unpaired) electrons. The van der Waals surface area contributed by atoms with Crippen LogP contribution in [0.5, 0.6) is 5.75 Å². The predicted octanol–water partition coefficient (Wildman–Crippen LogP) is 2.91. The molecular formula is C14H22FNO2. The van der Waals surface area contributed by atoms with Gasteiger partial charge in [-0.15, -0.1) is 0 Å². The van der Waals surface area contributed by atoms with Gasteiger partial charge in [0.2, 0.25) is 0 Å². The van der Waals surface area contributed by atoms with E-state index in [4.69, 9.17) is 9.47 Å². The van der Waals surface area contributed by atoms with E-state index in [0.717, 1.165) is 0 Å². The second-order valence-electron chi connectivity index (χ2n) is 4.62. The molecule has 1 rings (SSSR count). The van der Waals surface area contributed by atoms with Crippen molar-refractivity contribution >= 4 is 0 Å². The molecule has 0 amide bonds. The second-order valence-corrected chi connectivity index (χ2v) is 4.62. The Morgan fingerprint density at radius 1 is 1.39 bits per heavy atom. The smallest absolute Gasteiger partial charge is 0.169 e. The Balaban J connectivity index is 3.17. The fourth-order valence-electron chi connectivity index (χ4n) is 2.24. The Bertz CT molecular complexity index is 393. The van der Waals surface area contributed by atoms with E-state index in [1.807, 2.05) is 20.8 Å². The monoisotopic (exact) mass is 255 g/mol. The molecule has 1 aromatic rings. The fourth-order valence-corrected chi connectivity index (χ4v) is 2.24. The van der Waals surface area contributed by atoms with Gasteiger partial charge in [-0.05, 0) is 33.9 Å². The van der Waals surface area contributed by atoms with Crippen LogP contribution in [0.2, 0.25) is 0 Å². The van der Waals surface area contributed by atoms with Crippen LogP contribution in [0.3, 0.4) is 0 Å². The predicted molar refractivity (Wildman–Crippen MR) is 70.5 cm³/mol. The summed E-state index contributed by atoms with van der Waals surface area (Å²) >= 11 is 0. The van der Waals surface area contributed by atoms with Gasteiger partial charge in [0.25, 0.3) is 0 Å². The number of halogens is 1. The molecule has 0 saturated heterocycles. The maximum Gasteiger partial charge on any atom is 0.169 e. The highest BCUT2D eigenvalue weighted by molar-refractivity contribution is 5.34. The molecule has 1 unspecified atom stereocenters. The van der Waals surface area contributed by atoms with Gasteiger partial charge in [-0.1, -0.05) is 12.1 Å². The summed E-state index contributed by atoms with van der Waals surface area (Å²) in [4.78, 5) is 0. The molecule has 0 bridgehead atoms. The number of nitrogens with one attached hydrogen (secondary N) is 1. The zero-order chi connectivity index (χ0) is 13.8. The Hall–Kier alpha value is -1.13. The summed E-state index contributed by atoms with van der Waals surface area (Å²) in [5, 5.41) is 3.12. The summed E-state index contributed by atoms with van der Waals surface area (Å²) in [5.41, 5.74) is 0.0479. The molecule has 3 nitrogen and oxygen atoms in total. The molecular weight excluding hydrogens is 233 g/mol. The molecule has 1 aromatic carbocycles. The first-order chi connectivity index (χ1) is 8.47.